The van der Waals surface area contributed by atoms with Crippen molar-refractivity contribution in [1.29, 1.82) is 0 Å². The molecule has 0 aliphatic carbocycles. The maximum Gasteiger partial charge on any atom is 0.224 e. The summed E-state index contributed by atoms with van der Waals surface area (Å²) in [5.41, 5.74) is 2.57. The van der Waals surface area contributed by atoms with Gasteiger partial charge in [-0.3, -0.25) is 0 Å². The molecule has 0 aliphatic rings. The molecule has 0 aliphatic heterocycles. The highest BCUT2D eigenvalue weighted by molar-refractivity contribution is 6.28. The highest BCUT2D eigenvalue weighted by Crippen LogP contribution is 2.34. The number of rotatable bonds is 5. The van der Waals surface area contributed by atoms with Crippen molar-refractivity contribution in [1.82, 2.24) is 19.9 Å². The molecule has 4 aromatic rings. The minimum Gasteiger partial charge on any atom is -0.493 e. The Balaban J connectivity index is 1.70. The maximum absolute atomic E-state index is 6.08. The molecule has 0 atom stereocenters. The van der Waals surface area contributed by atoms with Crippen LogP contribution in [0.25, 0.3) is 21.9 Å². The number of nitrogens with one attached hydrogen (secondary N) is 2. The molecular formula is C18H16ClN5O2. The van der Waals surface area contributed by atoms with E-state index < -0.39 is 0 Å². The molecule has 0 saturated carbocycles. The Kier molecular flexibility index (Phi) is 4.22. The topological polar surface area (TPSA) is 85.0 Å². The Hall–Kier alpha value is -3.06. The molecule has 0 amide bonds. The summed E-state index contributed by atoms with van der Waals surface area (Å²) in [4.78, 5) is 16.4. The van der Waals surface area contributed by atoms with E-state index in [0.29, 0.717) is 29.4 Å². The number of halogens is 1. The first-order chi connectivity index (χ1) is 12.7. The van der Waals surface area contributed by atoms with E-state index in [1.54, 1.807) is 20.3 Å². The van der Waals surface area contributed by atoms with E-state index in [1.165, 1.54) is 0 Å². The second kappa shape index (κ2) is 6.68. The second-order valence-electron chi connectivity index (χ2n) is 5.62. The van der Waals surface area contributed by atoms with E-state index in [-0.39, 0.29) is 5.28 Å². The van der Waals surface area contributed by atoms with Gasteiger partial charge in [0.25, 0.3) is 0 Å². The molecule has 4 rings (SSSR count). The van der Waals surface area contributed by atoms with Gasteiger partial charge in [-0.25, -0.2) is 15.0 Å². The number of aromatic nitrogens is 4. The van der Waals surface area contributed by atoms with Crippen LogP contribution in [0.5, 0.6) is 11.5 Å². The lowest BCUT2D eigenvalue weighted by Crippen LogP contribution is -2.05. The minimum absolute atomic E-state index is 0.150. The Morgan fingerprint density at radius 2 is 1.77 bits per heavy atom. The molecule has 0 bridgehead atoms. The number of hydrogen-bond acceptors (Lipinski definition) is 6. The summed E-state index contributed by atoms with van der Waals surface area (Å²) in [6.45, 7) is 0.464. The lowest BCUT2D eigenvalue weighted by atomic mass is 10.2. The summed E-state index contributed by atoms with van der Waals surface area (Å²) in [5, 5.41) is 4.20. The molecule has 0 saturated heterocycles. The number of hydrogen-bond donors (Lipinski definition) is 2. The van der Waals surface area contributed by atoms with E-state index in [2.05, 4.69) is 25.3 Å². The first-order valence-electron chi connectivity index (χ1n) is 7.94. The van der Waals surface area contributed by atoms with Crippen molar-refractivity contribution in [3.63, 3.8) is 0 Å². The molecular weight excluding hydrogens is 354 g/mol. The van der Waals surface area contributed by atoms with Gasteiger partial charge in [0.1, 0.15) is 11.6 Å². The number of fused-ring (bicyclic) bond motifs is 2. The molecule has 26 heavy (non-hydrogen) atoms. The number of benzene rings is 2. The number of ether oxygens (including phenoxy) is 2. The second-order valence-corrected chi connectivity index (χ2v) is 5.96. The van der Waals surface area contributed by atoms with Gasteiger partial charge in [-0.1, -0.05) is 12.1 Å². The number of methoxy groups -OCH3 is 2. The smallest absolute Gasteiger partial charge is 0.224 e. The van der Waals surface area contributed by atoms with Gasteiger partial charge < -0.3 is 19.8 Å². The highest BCUT2D eigenvalue weighted by atomic mass is 35.5. The van der Waals surface area contributed by atoms with E-state index >= 15 is 0 Å². The van der Waals surface area contributed by atoms with Crippen LogP contribution in [-0.2, 0) is 6.54 Å². The van der Waals surface area contributed by atoms with Gasteiger partial charge >= 0.3 is 0 Å². The van der Waals surface area contributed by atoms with Crippen molar-refractivity contribution in [2.45, 2.75) is 6.54 Å². The zero-order valence-electron chi connectivity index (χ0n) is 14.2. The van der Waals surface area contributed by atoms with Gasteiger partial charge in [-0.2, -0.15) is 0 Å². The van der Waals surface area contributed by atoms with Gasteiger partial charge in [0.2, 0.25) is 5.28 Å². The van der Waals surface area contributed by atoms with Gasteiger partial charge in [0.15, 0.2) is 11.5 Å². The number of nitrogens with zero attached hydrogens (tertiary/aromatic N) is 3. The zero-order chi connectivity index (χ0) is 18.1. The number of para-hydroxylation sites is 2. The highest BCUT2D eigenvalue weighted by Gasteiger charge is 2.13. The molecule has 2 N–H and O–H groups in total. The van der Waals surface area contributed by atoms with E-state index in [1.807, 2.05) is 30.3 Å². The van der Waals surface area contributed by atoms with Crippen LogP contribution in [0.1, 0.15) is 5.82 Å². The lowest BCUT2D eigenvalue weighted by Gasteiger charge is -2.12. The number of H-pyrrole nitrogens is 1. The van der Waals surface area contributed by atoms with Crippen LogP contribution in [-0.4, -0.2) is 34.2 Å². The number of aromatic amines is 1. The van der Waals surface area contributed by atoms with E-state index in [4.69, 9.17) is 21.1 Å². The third-order valence-electron chi connectivity index (χ3n) is 4.04. The fraction of sp³-hybridized carbons (Fsp3) is 0.167. The summed E-state index contributed by atoms with van der Waals surface area (Å²) in [6.07, 6.45) is 0. The van der Waals surface area contributed by atoms with Crippen LogP contribution in [0.2, 0.25) is 5.28 Å². The SMILES string of the molecule is COc1cc2nc(Cl)nc(NCc3nc4ccccc4[nH]3)c2cc1OC. The Morgan fingerprint density at radius 1 is 1.00 bits per heavy atom. The Bertz CT molecular complexity index is 1060. The number of imidazole rings is 1. The lowest BCUT2D eigenvalue weighted by molar-refractivity contribution is 0.356. The molecule has 2 heterocycles. The third-order valence-corrected chi connectivity index (χ3v) is 4.20. The molecule has 2 aromatic heterocycles. The van der Waals surface area contributed by atoms with Gasteiger partial charge in [0, 0.05) is 11.5 Å². The molecule has 2 aromatic carbocycles. The molecule has 7 nitrogen and oxygen atoms in total. The normalized spacial score (nSPS) is 11.0. The van der Waals surface area contributed by atoms with Crippen LogP contribution in [0.3, 0.4) is 0 Å². The molecule has 0 radical (unpaired) electrons. The molecule has 132 valence electrons. The third kappa shape index (κ3) is 2.97. The molecule has 0 unspecified atom stereocenters. The summed E-state index contributed by atoms with van der Waals surface area (Å²) < 4.78 is 10.7. The summed E-state index contributed by atoms with van der Waals surface area (Å²) in [7, 11) is 3.16. The summed E-state index contributed by atoms with van der Waals surface area (Å²) in [6, 6.07) is 11.5. The average molecular weight is 370 g/mol. The van der Waals surface area contributed by atoms with Crippen molar-refractivity contribution in [3.8, 4) is 11.5 Å². The van der Waals surface area contributed by atoms with Crippen molar-refractivity contribution < 1.29 is 9.47 Å². The van der Waals surface area contributed by atoms with Gasteiger partial charge in [0.05, 0.1) is 37.3 Å². The number of anilines is 1. The van der Waals surface area contributed by atoms with Crippen LogP contribution < -0.4 is 14.8 Å². The molecule has 0 spiro atoms. The zero-order valence-corrected chi connectivity index (χ0v) is 15.0. The van der Waals surface area contributed by atoms with Crippen molar-refractivity contribution >= 4 is 39.4 Å². The van der Waals surface area contributed by atoms with E-state index in [0.717, 1.165) is 22.2 Å². The fourth-order valence-electron chi connectivity index (χ4n) is 2.82. The van der Waals surface area contributed by atoms with E-state index in [9.17, 15) is 0 Å². The Morgan fingerprint density at radius 3 is 2.54 bits per heavy atom. The standard InChI is InChI=1S/C18H16ClN5O2/c1-25-14-7-10-13(8-15(14)26-2)23-18(19)24-17(10)20-9-16-21-11-5-3-4-6-12(11)22-16/h3-8H,9H2,1-2H3,(H,21,22)(H,20,23,24). The largest absolute Gasteiger partial charge is 0.493 e. The van der Waals surface area contributed by atoms with Crippen LogP contribution in [0.4, 0.5) is 5.82 Å². The Labute approximate surface area is 154 Å². The van der Waals surface area contributed by atoms with Gasteiger partial charge in [-0.15, -0.1) is 0 Å². The minimum atomic E-state index is 0.150. The summed E-state index contributed by atoms with van der Waals surface area (Å²) >= 11 is 6.08. The molecule has 0 fully saturated rings. The fourth-order valence-corrected chi connectivity index (χ4v) is 2.99. The first-order valence-corrected chi connectivity index (χ1v) is 8.32. The first kappa shape index (κ1) is 16.4. The monoisotopic (exact) mass is 369 g/mol. The van der Waals surface area contributed by atoms with Crippen LogP contribution in [0, 0.1) is 0 Å². The van der Waals surface area contributed by atoms with Crippen molar-refractivity contribution in [2.24, 2.45) is 0 Å². The maximum atomic E-state index is 6.08. The van der Waals surface area contributed by atoms with Crippen molar-refractivity contribution in [2.75, 3.05) is 19.5 Å². The quantitative estimate of drug-likeness (QED) is 0.521. The van der Waals surface area contributed by atoms with Crippen LogP contribution in [0.15, 0.2) is 36.4 Å². The molecule has 8 heteroatoms. The van der Waals surface area contributed by atoms with Crippen molar-refractivity contribution in [3.05, 3.63) is 47.5 Å². The van der Waals surface area contributed by atoms with Gasteiger partial charge in [-0.05, 0) is 29.8 Å². The summed E-state index contributed by atoms with van der Waals surface area (Å²) in [5.74, 6) is 2.58. The average Bonchev–Trinajstić information content (AvgIpc) is 3.07. The van der Waals surface area contributed by atoms with Crippen LogP contribution >= 0.6 is 11.6 Å². The predicted molar refractivity (Wildman–Crippen MR) is 101 cm³/mol. The predicted octanol–water partition coefficient (Wildman–Crippen LogP) is 3.79.